The molecule has 1 unspecified atom stereocenters. The van der Waals surface area contributed by atoms with Crippen molar-refractivity contribution in [2.45, 2.75) is 13.0 Å². The summed E-state index contributed by atoms with van der Waals surface area (Å²) >= 11 is 4.60. The highest BCUT2D eigenvalue weighted by atomic mass is 79.9. The van der Waals surface area contributed by atoms with Crippen LogP contribution in [0.5, 0.6) is 0 Å². The van der Waals surface area contributed by atoms with E-state index in [1.807, 2.05) is 23.8 Å². The second-order valence-electron chi connectivity index (χ2n) is 3.67. The van der Waals surface area contributed by atoms with E-state index in [0.29, 0.717) is 4.47 Å². The standard InChI is InChI=1S/C12H10BrF2NS/c1-7(8-2-3-17-6-8)16-12-10(14)4-9(13)5-11(12)15/h2-7,16H,1H3. The largest absolute Gasteiger partial charge is 0.374 e. The Balaban J connectivity index is 2.25. The fourth-order valence-corrected chi connectivity index (χ4v) is 2.66. The molecule has 1 nitrogen and oxygen atoms in total. The van der Waals surface area contributed by atoms with Crippen LogP contribution in [0.2, 0.25) is 0 Å². The van der Waals surface area contributed by atoms with Crippen LogP contribution in [0, 0.1) is 11.6 Å². The van der Waals surface area contributed by atoms with Crippen molar-refractivity contribution in [3.63, 3.8) is 0 Å². The summed E-state index contributed by atoms with van der Waals surface area (Å²) in [5.74, 6) is -1.20. The first-order valence-electron chi connectivity index (χ1n) is 5.01. The zero-order valence-corrected chi connectivity index (χ0v) is 11.4. The van der Waals surface area contributed by atoms with Crippen LogP contribution in [-0.2, 0) is 0 Å². The first-order chi connectivity index (χ1) is 8.08. The molecular formula is C12H10BrF2NS. The molecule has 1 heterocycles. The van der Waals surface area contributed by atoms with Crippen LogP contribution in [-0.4, -0.2) is 0 Å². The molecule has 2 rings (SSSR count). The second-order valence-corrected chi connectivity index (χ2v) is 5.36. The van der Waals surface area contributed by atoms with Crippen molar-refractivity contribution >= 4 is 33.0 Å². The van der Waals surface area contributed by atoms with Gasteiger partial charge < -0.3 is 5.32 Å². The molecular weight excluding hydrogens is 308 g/mol. The van der Waals surface area contributed by atoms with E-state index in [2.05, 4.69) is 21.2 Å². The molecule has 0 amide bonds. The molecule has 90 valence electrons. The zero-order chi connectivity index (χ0) is 12.4. The number of anilines is 1. The Morgan fingerprint density at radius 3 is 2.47 bits per heavy atom. The smallest absolute Gasteiger partial charge is 0.150 e. The Morgan fingerprint density at radius 1 is 1.29 bits per heavy atom. The maximum absolute atomic E-state index is 13.6. The van der Waals surface area contributed by atoms with E-state index in [4.69, 9.17) is 0 Å². The minimum absolute atomic E-state index is 0.0908. The van der Waals surface area contributed by atoms with Crippen LogP contribution >= 0.6 is 27.3 Å². The van der Waals surface area contributed by atoms with E-state index in [9.17, 15) is 8.78 Å². The summed E-state index contributed by atoms with van der Waals surface area (Å²) < 4.78 is 27.6. The van der Waals surface area contributed by atoms with Crippen molar-refractivity contribution in [2.75, 3.05) is 5.32 Å². The Labute approximate surface area is 111 Å². The van der Waals surface area contributed by atoms with Gasteiger partial charge in [0.15, 0.2) is 0 Å². The van der Waals surface area contributed by atoms with Gasteiger partial charge in [0.1, 0.15) is 17.3 Å². The van der Waals surface area contributed by atoms with Crippen molar-refractivity contribution in [3.05, 3.63) is 50.6 Å². The van der Waals surface area contributed by atoms with E-state index in [1.54, 1.807) is 11.3 Å². The molecule has 1 aromatic carbocycles. The second kappa shape index (κ2) is 5.14. The van der Waals surface area contributed by atoms with Gasteiger partial charge >= 0.3 is 0 Å². The molecule has 1 atom stereocenters. The molecule has 0 aliphatic rings. The van der Waals surface area contributed by atoms with Crippen molar-refractivity contribution < 1.29 is 8.78 Å². The Hall–Kier alpha value is -0.940. The molecule has 5 heteroatoms. The molecule has 17 heavy (non-hydrogen) atoms. The molecule has 0 radical (unpaired) electrons. The van der Waals surface area contributed by atoms with Gasteiger partial charge in [0, 0.05) is 10.5 Å². The summed E-state index contributed by atoms with van der Waals surface area (Å²) in [5, 5.41) is 6.73. The number of hydrogen-bond donors (Lipinski definition) is 1. The Bertz CT molecular complexity index is 490. The number of hydrogen-bond acceptors (Lipinski definition) is 2. The lowest BCUT2D eigenvalue weighted by Crippen LogP contribution is -2.08. The zero-order valence-electron chi connectivity index (χ0n) is 9.01. The fraction of sp³-hybridized carbons (Fsp3) is 0.167. The monoisotopic (exact) mass is 317 g/mol. The van der Waals surface area contributed by atoms with Crippen molar-refractivity contribution in [1.29, 1.82) is 0 Å². The number of rotatable bonds is 3. The summed E-state index contributed by atoms with van der Waals surface area (Å²) in [5.41, 5.74) is 0.920. The van der Waals surface area contributed by atoms with E-state index >= 15 is 0 Å². The van der Waals surface area contributed by atoms with Gasteiger partial charge in [0.2, 0.25) is 0 Å². The number of benzene rings is 1. The fourth-order valence-electron chi connectivity index (χ4n) is 1.50. The van der Waals surface area contributed by atoms with Gasteiger partial charge in [0.05, 0.1) is 0 Å². The Kier molecular flexibility index (Phi) is 3.79. The van der Waals surface area contributed by atoms with Gasteiger partial charge in [0.25, 0.3) is 0 Å². The maximum Gasteiger partial charge on any atom is 0.150 e. The van der Waals surface area contributed by atoms with Crippen LogP contribution in [0.3, 0.4) is 0 Å². The molecule has 0 aliphatic heterocycles. The van der Waals surface area contributed by atoms with Gasteiger partial charge in [-0.25, -0.2) is 8.78 Å². The summed E-state index contributed by atoms with van der Waals surface area (Å²) in [4.78, 5) is 0. The molecule has 0 bridgehead atoms. The normalized spacial score (nSPS) is 12.5. The average molecular weight is 318 g/mol. The van der Waals surface area contributed by atoms with Crippen LogP contribution in [0.1, 0.15) is 18.5 Å². The molecule has 0 aliphatic carbocycles. The molecule has 1 N–H and O–H groups in total. The first kappa shape index (κ1) is 12.5. The van der Waals surface area contributed by atoms with E-state index < -0.39 is 11.6 Å². The van der Waals surface area contributed by atoms with Crippen LogP contribution in [0.4, 0.5) is 14.5 Å². The third-order valence-electron chi connectivity index (χ3n) is 2.41. The highest BCUT2D eigenvalue weighted by Gasteiger charge is 2.14. The van der Waals surface area contributed by atoms with Crippen LogP contribution < -0.4 is 5.32 Å². The van der Waals surface area contributed by atoms with Crippen molar-refractivity contribution in [3.8, 4) is 0 Å². The minimum Gasteiger partial charge on any atom is -0.374 e. The van der Waals surface area contributed by atoms with Crippen LogP contribution in [0.25, 0.3) is 0 Å². The van der Waals surface area contributed by atoms with Gasteiger partial charge in [-0.3, -0.25) is 0 Å². The highest BCUT2D eigenvalue weighted by molar-refractivity contribution is 9.10. The summed E-state index contributed by atoms with van der Waals surface area (Å²) in [6, 6.07) is 4.28. The third kappa shape index (κ3) is 2.84. The lowest BCUT2D eigenvalue weighted by atomic mass is 10.1. The van der Waals surface area contributed by atoms with E-state index in [0.717, 1.165) is 5.56 Å². The van der Waals surface area contributed by atoms with Gasteiger partial charge in [-0.1, -0.05) is 15.9 Å². The van der Waals surface area contributed by atoms with Crippen molar-refractivity contribution in [2.24, 2.45) is 0 Å². The van der Waals surface area contributed by atoms with Crippen LogP contribution in [0.15, 0.2) is 33.4 Å². The molecule has 0 spiro atoms. The molecule has 2 aromatic rings. The highest BCUT2D eigenvalue weighted by Crippen LogP contribution is 2.28. The minimum atomic E-state index is -0.598. The third-order valence-corrected chi connectivity index (χ3v) is 3.57. The first-order valence-corrected chi connectivity index (χ1v) is 6.74. The predicted octanol–water partition coefficient (Wildman–Crippen LogP) is 4.96. The average Bonchev–Trinajstić information content (AvgIpc) is 2.76. The van der Waals surface area contributed by atoms with Gasteiger partial charge in [-0.15, -0.1) is 0 Å². The predicted molar refractivity (Wildman–Crippen MR) is 70.4 cm³/mol. The summed E-state index contributed by atoms with van der Waals surface area (Å²) in [7, 11) is 0. The molecule has 1 aromatic heterocycles. The number of thiophene rings is 1. The Morgan fingerprint density at radius 2 is 1.94 bits per heavy atom. The van der Waals surface area contributed by atoms with E-state index in [1.165, 1.54) is 12.1 Å². The number of nitrogens with one attached hydrogen (secondary N) is 1. The summed E-state index contributed by atoms with van der Waals surface area (Å²) in [6.07, 6.45) is 0. The van der Waals surface area contributed by atoms with Gasteiger partial charge in [-0.05, 0) is 41.4 Å². The quantitative estimate of drug-likeness (QED) is 0.843. The summed E-state index contributed by atoms with van der Waals surface area (Å²) in [6.45, 7) is 1.86. The van der Waals surface area contributed by atoms with Crippen molar-refractivity contribution in [1.82, 2.24) is 0 Å². The SMILES string of the molecule is CC(Nc1c(F)cc(Br)cc1F)c1ccsc1. The maximum atomic E-state index is 13.6. The lowest BCUT2D eigenvalue weighted by molar-refractivity contribution is 0.583. The lowest BCUT2D eigenvalue weighted by Gasteiger charge is -2.15. The molecule has 0 saturated heterocycles. The molecule has 0 saturated carbocycles. The molecule has 0 fully saturated rings. The van der Waals surface area contributed by atoms with Gasteiger partial charge in [-0.2, -0.15) is 11.3 Å². The topological polar surface area (TPSA) is 12.0 Å². The number of halogens is 3. The van der Waals surface area contributed by atoms with E-state index in [-0.39, 0.29) is 11.7 Å².